The highest BCUT2D eigenvalue weighted by Crippen LogP contribution is 2.55. The van der Waals surface area contributed by atoms with Crippen molar-refractivity contribution in [2.75, 3.05) is 14.2 Å². The summed E-state index contributed by atoms with van der Waals surface area (Å²) in [5.74, 6) is 3.69. The van der Waals surface area contributed by atoms with Gasteiger partial charge in [0.05, 0.1) is 14.2 Å². The molecular formula is C21H24O3. The SMILES string of the molecule is COc1ccc(C2Cc3c(O)cc(OC)cc3C3CCCC23)cc1. The molecular weight excluding hydrogens is 300 g/mol. The summed E-state index contributed by atoms with van der Waals surface area (Å²) in [6, 6.07) is 12.3. The van der Waals surface area contributed by atoms with Gasteiger partial charge in [-0.05, 0) is 71.9 Å². The zero-order chi connectivity index (χ0) is 16.7. The highest BCUT2D eigenvalue weighted by molar-refractivity contribution is 5.51. The zero-order valence-corrected chi connectivity index (χ0v) is 14.3. The standard InChI is InChI=1S/C21H24O3/c1-23-14-8-6-13(7-9-14)18-12-20-19(17-5-3-4-16(17)18)10-15(24-2)11-21(20)22/h6-11,16-18,22H,3-5,12H2,1-2H3. The molecule has 0 bridgehead atoms. The Morgan fingerprint density at radius 1 is 0.917 bits per heavy atom. The molecule has 4 rings (SSSR count). The zero-order valence-electron chi connectivity index (χ0n) is 14.3. The molecule has 0 saturated heterocycles. The van der Waals surface area contributed by atoms with Crippen LogP contribution in [0.3, 0.4) is 0 Å². The lowest BCUT2D eigenvalue weighted by molar-refractivity contribution is 0.349. The predicted molar refractivity (Wildman–Crippen MR) is 94.2 cm³/mol. The molecule has 3 nitrogen and oxygen atoms in total. The fourth-order valence-electron chi connectivity index (χ4n) is 4.77. The number of hydrogen-bond donors (Lipinski definition) is 1. The van der Waals surface area contributed by atoms with Gasteiger partial charge in [-0.15, -0.1) is 0 Å². The van der Waals surface area contributed by atoms with Crippen molar-refractivity contribution >= 4 is 0 Å². The maximum atomic E-state index is 10.5. The van der Waals surface area contributed by atoms with E-state index in [1.54, 1.807) is 20.3 Å². The van der Waals surface area contributed by atoms with Gasteiger partial charge in [0.1, 0.15) is 17.2 Å². The lowest BCUT2D eigenvalue weighted by atomic mass is 9.68. The van der Waals surface area contributed by atoms with Gasteiger partial charge < -0.3 is 14.6 Å². The second-order valence-electron chi connectivity index (χ2n) is 7.00. The van der Waals surface area contributed by atoms with Gasteiger partial charge >= 0.3 is 0 Å². The van der Waals surface area contributed by atoms with Crippen molar-refractivity contribution in [1.29, 1.82) is 0 Å². The monoisotopic (exact) mass is 324 g/mol. The Morgan fingerprint density at radius 3 is 2.38 bits per heavy atom. The van der Waals surface area contributed by atoms with Crippen LogP contribution in [0.2, 0.25) is 0 Å². The summed E-state index contributed by atoms with van der Waals surface area (Å²) >= 11 is 0. The van der Waals surface area contributed by atoms with E-state index in [2.05, 4.69) is 18.2 Å². The van der Waals surface area contributed by atoms with E-state index in [9.17, 15) is 5.11 Å². The summed E-state index contributed by atoms with van der Waals surface area (Å²) in [5.41, 5.74) is 3.77. The van der Waals surface area contributed by atoms with Crippen molar-refractivity contribution < 1.29 is 14.6 Å². The van der Waals surface area contributed by atoms with Crippen molar-refractivity contribution in [1.82, 2.24) is 0 Å². The van der Waals surface area contributed by atoms with E-state index in [-0.39, 0.29) is 0 Å². The largest absolute Gasteiger partial charge is 0.508 e. The van der Waals surface area contributed by atoms with Gasteiger partial charge in [-0.25, -0.2) is 0 Å². The number of hydrogen-bond acceptors (Lipinski definition) is 3. The minimum Gasteiger partial charge on any atom is -0.508 e. The molecule has 2 aromatic rings. The summed E-state index contributed by atoms with van der Waals surface area (Å²) in [5, 5.41) is 10.5. The van der Waals surface area contributed by atoms with Crippen molar-refractivity contribution in [2.24, 2.45) is 5.92 Å². The van der Waals surface area contributed by atoms with Gasteiger partial charge in [0, 0.05) is 6.07 Å². The van der Waals surface area contributed by atoms with Crippen molar-refractivity contribution in [3.63, 3.8) is 0 Å². The van der Waals surface area contributed by atoms with Crippen molar-refractivity contribution in [3.05, 3.63) is 53.1 Å². The molecule has 2 aliphatic carbocycles. The van der Waals surface area contributed by atoms with E-state index in [0.717, 1.165) is 23.5 Å². The first kappa shape index (κ1) is 15.4. The van der Waals surface area contributed by atoms with Crippen LogP contribution in [0.5, 0.6) is 17.2 Å². The van der Waals surface area contributed by atoms with Crippen LogP contribution in [0.25, 0.3) is 0 Å². The minimum absolute atomic E-state index is 0.383. The number of phenols is 1. The number of fused-ring (bicyclic) bond motifs is 3. The number of benzene rings is 2. The van der Waals surface area contributed by atoms with Crippen LogP contribution in [-0.4, -0.2) is 19.3 Å². The third-order valence-corrected chi connectivity index (χ3v) is 5.92. The van der Waals surface area contributed by atoms with Crippen molar-refractivity contribution in [3.8, 4) is 17.2 Å². The number of aromatic hydroxyl groups is 1. The lowest BCUT2D eigenvalue weighted by Crippen LogP contribution is -2.25. The van der Waals surface area contributed by atoms with Crippen LogP contribution in [-0.2, 0) is 6.42 Å². The Labute approximate surface area is 143 Å². The first-order valence-electron chi connectivity index (χ1n) is 8.75. The average molecular weight is 324 g/mol. The summed E-state index contributed by atoms with van der Waals surface area (Å²) in [6.07, 6.45) is 4.63. The predicted octanol–water partition coefficient (Wildman–Crippen LogP) is 4.63. The molecule has 2 aromatic carbocycles. The van der Waals surface area contributed by atoms with Crippen LogP contribution in [0.4, 0.5) is 0 Å². The summed E-state index contributed by atoms with van der Waals surface area (Å²) in [7, 11) is 3.36. The smallest absolute Gasteiger partial charge is 0.122 e. The molecule has 3 unspecified atom stereocenters. The highest BCUT2D eigenvalue weighted by atomic mass is 16.5. The molecule has 3 heteroatoms. The lowest BCUT2D eigenvalue weighted by Gasteiger charge is -2.36. The first-order valence-corrected chi connectivity index (χ1v) is 8.75. The van der Waals surface area contributed by atoms with Crippen LogP contribution in [0, 0.1) is 5.92 Å². The molecule has 0 spiro atoms. The van der Waals surface area contributed by atoms with Crippen LogP contribution >= 0.6 is 0 Å². The minimum atomic E-state index is 0.383. The molecule has 0 aromatic heterocycles. The molecule has 1 saturated carbocycles. The Kier molecular flexibility index (Phi) is 3.87. The topological polar surface area (TPSA) is 38.7 Å². The number of rotatable bonds is 3. The maximum absolute atomic E-state index is 10.5. The van der Waals surface area contributed by atoms with E-state index >= 15 is 0 Å². The van der Waals surface area contributed by atoms with Gasteiger partial charge in [0.25, 0.3) is 0 Å². The summed E-state index contributed by atoms with van der Waals surface area (Å²) in [4.78, 5) is 0. The Balaban J connectivity index is 1.76. The Morgan fingerprint density at radius 2 is 1.67 bits per heavy atom. The normalized spacial score (nSPS) is 25.0. The summed E-state index contributed by atoms with van der Waals surface area (Å²) < 4.78 is 10.7. The third kappa shape index (κ3) is 2.43. The molecule has 3 atom stereocenters. The summed E-state index contributed by atoms with van der Waals surface area (Å²) in [6.45, 7) is 0. The van der Waals surface area contributed by atoms with Crippen molar-refractivity contribution in [2.45, 2.75) is 37.5 Å². The quantitative estimate of drug-likeness (QED) is 0.894. The Hall–Kier alpha value is -2.16. The molecule has 2 aliphatic rings. The molecule has 0 heterocycles. The molecule has 1 N–H and O–H groups in total. The molecule has 1 fully saturated rings. The number of ether oxygens (including phenoxy) is 2. The molecule has 0 amide bonds. The van der Waals surface area contributed by atoms with Gasteiger partial charge in [0.15, 0.2) is 0 Å². The molecule has 0 aliphatic heterocycles. The molecule has 0 radical (unpaired) electrons. The van der Waals surface area contributed by atoms with Gasteiger partial charge in [-0.3, -0.25) is 0 Å². The van der Waals surface area contributed by atoms with Gasteiger partial charge in [-0.1, -0.05) is 18.6 Å². The van der Waals surface area contributed by atoms with E-state index in [4.69, 9.17) is 9.47 Å². The average Bonchev–Trinajstić information content (AvgIpc) is 3.11. The first-order chi connectivity index (χ1) is 11.7. The Bertz CT molecular complexity index is 735. The van der Waals surface area contributed by atoms with Crippen LogP contribution in [0.1, 0.15) is 47.8 Å². The fourth-order valence-corrected chi connectivity index (χ4v) is 4.77. The van der Waals surface area contributed by atoms with Gasteiger partial charge in [-0.2, -0.15) is 0 Å². The van der Waals surface area contributed by atoms with E-state index in [1.165, 1.54) is 30.4 Å². The number of phenolic OH excluding ortho intramolecular Hbond substituents is 1. The third-order valence-electron chi connectivity index (χ3n) is 5.92. The maximum Gasteiger partial charge on any atom is 0.122 e. The second kappa shape index (κ2) is 6.04. The van der Waals surface area contributed by atoms with Gasteiger partial charge in [0.2, 0.25) is 0 Å². The van der Waals surface area contributed by atoms with E-state index in [1.807, 2.05) is 12.1 Å². The van der Waals surface area contributed by atoms with Crippen LogP contribution in [0.15, 0.2) is 36.4 Å². The molecule has 24 heavy (non-hydrogen) atoms. The van der Waals surface area contributed by atoms with E-state index < -0.39 is 0 Å². The van der Waals surface area contributed by atoms with Crippen LogP contribution < -0.4 is 9.47 Å². The number of methoxy groups -OCH3 is 2. The highest BCUT2D eigenvalue weighted by Gasteiger charge is 2.41. The van der Waals surface area contributed by atoms with E-state index in [0.29, 0.717) is 23.5 Å². The molecule has 126 valence electrons. The fraction of sp³-hybridized carbons (Fsp3) is 0.429. The second-order valence-corrected chi connectivity index (χ2v) is 7.00.